The number of rotatable bonds is 2. The van der Waals surface area contributed by atoms with Crippen LogP contribution in [-0.2, 0) is 5.41 Å². The van der Waals surface area contributed by atoms with Crippen molar-refractivity contribution in [1.82, 2.24) is 19.9 Å². The Hall–Kier alpha value is -2.61. The lowest BCUT2D eigenvalue weighted by Crippen LogP contribution is -2.04. The zero-order chi connectivity index (χ0) is 13.7. The molecule has 1 aliphatic carbocycles. The summed E-state index contributed by atoms with van der Waals surface area (Å²) in [5.74, 6) is 1.69. The molecular formula is C15H13N5. The third kappa shape index (κ3) is 1.55. The van der Waals surface area contributed by atoms with Crippen LogP contribution in [0.15, 0.2) is 24.4 Å². The molecule has 0 unspecified atom stereocenters. The molecule has 0 bridgehead atoms. The van der Waals surface area contributed by atoms with Crippen molar-refractivity contribution in [3.8, 4) is 17.3 Å². The van der Waals surface area contributed by atoms with E-state index >= 15 is 0 Å². The lowest BCUT2D eigenvalue weighted by molar-refractivity contribution is 0.822. The molecule has 0 atom stereocenters. The second-order valence-electron chi connectivity index (χ2n) is 5.39. The van der Waals surface area contributed by atoms with Crippen LogP contribution in [0.1, 0.15) is 24.5 Å². The first-order chi connectivity index (χ1) is 9.70. The molecule has 2 aromatic heterocycles. The van der Waals surface area contributed by atoms with Gasteiger partial charge in [0.05, 0.1) is 29.0 Å². The molecule has 20 heavy (non-hydrogen) atoms. The Labute approximate surface area is 115 Å². The standard InChI is InChI=1S/C15H13N5/c1-9-18-11-3-2-10(6-12(11)19-9)13-7-17-14(20-13)15(8-16)4-5-15/h2-3,6-7H,4-5H2,1H3,(H,17,20)(H,18,19). The van der Waals surface area contributed by atoms with Crippen LogP contribution in [0.25, 0.3) is 22.3 Å². The van der Waals surface area contributed by atoms with Crippen LogP contribution in [-0.4, -0.2) is 19.9 Å². The van der Waals surface area contributed by atoms with E-state index < -0.39 is 0 Å². The molecule has 4 rings (SSSR count). The quantitative estimate of drug-likeness (QED) is 0.746. The first-order valence-electron chi connectivity index (χ1n) is 6.64. The first kappa shape index (κ1) is 11.2. The molecule has 0 aliphatic heterocycles. The smallest absolute Gasteiger partial charge is 0.127 e. The number of hydrogen-bond acceptors (Lipinski definition) is 3. The van der Waals surface area contributed by atoms with Gasteiger partial charge >= 0.3 is 0 Å². The number of fused-ring (bicyclic) bond motifs is 1. The number of aromatic amines is 2. The van der Waals surface area contributed by atoms with Crippen molar-refractivity contribution in [2.45, 2.75) is 25.2 Å². The number of imidazole rings is 2. The molecular weight excluding hydrogens is 250 g/mol. The molecule has 0 amide bonds. The zero-order valence-electron chi connectivity index (χ0n) is 11.1. The fourth-order valence-electron chi connectivity index (χ4n) is 2.54. The minimum atomic E-state index is -0.368. The predicted octanol–water partition coefficient (Wildman–Crippen LogP) is 2.82. The zero-order valence-corrected chi connectivity index (χ0v) is 11.1. The van der Waals surface area contributed by atoms with E-state index in [1.54, 1.807) is 6.20 Å². The third-order valence-electron chi connectivity index (χ3n) is 3.90. The number of benzene rings is 1. The van der Waals surface area contributed by atoms with Crippen LogP contribution >= 0.6 is 0 Å². The minimum absolute atomic E-state index is 0.368. The molecule has 1 aliphatic rings. The average Bonchev–Trinajstić information content (AvgIpc) is 2.93. The van der Waals surface area contributed by atoms with Crippen LogP contribution in [0.4, 0.5) is 0 Å². The average molecular weight is 263 g/mol. The summed E-state index contributed by atoms with van der Waals surface area (Å²) < 4.78 is 0. The molecule has 1 saturated carbocycles. The lowest BCUT2D eigenvalue weighted by Gasteiger charge is -2.00. The number of nitrogens with one attached hydrogen (secondary N) is 2. The van der Waals surface area contributed by atoms with Crippen LogP contribution in [0, 0.1) is 18.3 Å². The molecule has 0 radical (unpaired) electrons. The van der Waals surface area contributed by atoms with Crippen molar-refractivity contribution in [2.24, 2.45) is 0 Å². The second-order valence-corrected chi connectivity index (χ2v) is 5.39. The monoisotopic (exact) mass is 263 g/mol. The molecule has 98 valence electrons. The fourth-order valence-corrected chi connectivity index (χ4v) is 2.54. The highest BCUT2D eigenvalue weighted by Crippen LogP contribution is 2.46. The minimum Gasteiger partial charge on any atom is -0.342 e. The van der Waals surface area contributed by atoms with Gasteiger partial charge in [0.25, 0.3) is 0 Å². The summed E-state index contributed by atoms with van der Waals surface area (Å²) in [5, 5.41) is 9.21. The van der Waals surface area contributed by atoms with E-state index in [1.165, 1.54) is 0 Å². The van der Waals surface area contributed by atoms with E-state index in [1.807, 2.05) is 19.1 Å². The number of aromatic nitrogens is 4. The van der Waals surface area contributed by atoms with Crippen molar-refractivity contribution >= 4 is 11.0 Å². The third-order valence-corrected chi connectivity index (χ3v) is 3.90. The van der Waals surface area contributed by atoms with E-state index in [4.69, 9.17) is 0 Å². The van der Waals surface area contributed by atoms with Gasteiger partial charge in [-0.2, -0.15) is 5.26 Å². The highest BCUT2D eigenvalue weighted by molar-refractivity contribution is 5.81. The van der Waals surface area contributed by atoms with Gasteiger partial charge < -0.3 is 9.97 Å². The first-order valence-corrected chi connectivity index (χ1v) is 6.64. The van der Waals surface area contributed by atoms with Gasteiger partial charge in [-0.1, -0.05) is 6.07 Å². The molecule has 3 aromatic rings. The number of aryl methyl sites for hydroxylation is 1. The summed E-state index contributed by atoms with van der Waals surface area (Å²) in [6.45, 7) is 1.94. The Morgan fingerprint density at radius 1 is 1.30 bits per heavy atom. The number of H-pyrrole nitrogens is 2. The van der Waals surface area contributed by atoms with Crippen LogP contribution in [0.2, 0.25) is 0 Å². The van der Waals surface area contributed by atoms with Gasteiger partial charge in [0.1, 0.15) is 17.1 Å². The molecule has 0 saturated heterocycles. The van der Waals surface area contributed by atoms with Crippen LogP contribution in [0.3, 0.4) is 0 Å². The Balaban J connectivity index is 1.77. The molecule has 1 aromatic carbocycles. The maximum atomic E-state index is 9.21. The summed E-state index contributed by atoms with van der Waals surface area (Å²) in [4.78, 5) is 15.3. The largest absolute Gasteiger partial charge is 0.342 e. The van der Waals surface area contributed by atoms with E-state index in [2.05, 4.69) is 32.1 Å². The summed E-state index contributed by atoms with van der Waals surface area (Å²) in [6, 6.07) is 8.42. The van der Waals surface area contributed by atoms with Gasteiger partial charge in [0, 0.05) is 5.56 Å². The second kappa shape index (κ2) is 3.70. The van der Waals surface area contributed by atoms with E-state index in [9.17, 15) is 5.26 Å². The number of nitriles is 1. The Morgan fingerprint density at radius 3 is 2.90 bits per heavy atom. The van der Waals surface area contributed by atoms with Gasteiger partial charge in [0.2, 0.25) is 0 Å². The summed E-state index contributed by atoms with van der Waals surface area (Å²) >= 11 is 0. The maximum Gasteiger partial charge on any atom is 0.127 e. The molecule has 2 heterocycles. The summed E-state index contributed by atoms with van der Waals surface area (Å²) in [6.07, 6.45) is 3.60. The van der Waals surface area contributed by atoms with E-state index in [-0.39, 0.29) is 5.41 Å². The highest BCUT2D eigenvalue weighted by Gasteiger charge is 2.47. The van der Waals surface area contributed by atoms with Crippen molar-refractivity contribution in [3.05, 3.63) is 36.0 Å². The van der Waals surface area contributed by atoms with Crippen molar-refractivity contribution in [2.75, 3.05) is 0 Å². The highest BCUT2D eigenvalue weighted by atomic mass is 15.0. The van der Waals surface area contributed by atoms with Crippen LogP contribution in [0.5, 0.6) is 0 Å². The SMILES string of the molecule is Cc1nc2ccc(-c3cnc(C4(C#N)CC4)[nH]3)cc2[nH]1. The number of hydrogen-bond donors (Lipinski definition) is 2. The van der Waals surface area contributed by atoms with Gasteiger partial charge in [-0.3, -0.25) is 0 Å². The Bertz CT molecular complexity index is 845. The van der Waals surface area contributed by atoms with Crippen molar-refractivity contribution in [3.63, 3.8) is 0 Å². The normalized spacial score (nSPS) is 16.2. The predicted molar refractivity (Wildman–Crippen MR) is 74.9 cm³/mol. The van der Waals surface area contributed by atoms with Gasteiger partial charge in [0.15, 0.2) is 0 Å². The van der Waals surface area contributed by atoms with E-state index in [0.29, 0.717) is 0 Å². The van der Waals surface area contributed by atoms with Gasteiger partial charge in [-0.15, -0.1) is 0 Å². The molecule has 5 heteroatoms. The van der Waals surface area contributed by atoms with Crippen molar-refractivity contribution < 1.29 is 0 Å². The van der Waals surface area contributed by atoms with Crippen LogP contribution < -0.4 is 0 Å². The fraction of sp³-hybridized carbons (Fsp3) is 0.267. The summed E-state index contributed by atoms with van der Waals surface area (Å²) in [5.41, 5.74) is 3.59. The van der Waals surface area contributed by atoms with Gasteiger partial charge in [-0.25, -0.2) is 9.97 Å². The van der Waals surface area contributed by atoms with E-state index in [0.717, 1.165) is 46.8 Å². The summed E-state index contributed by atoms with van der Waals surface area (Å²) in [7, 11) is 0. The number of nitrogens with zero attached hydrogens (tertiary/aromatic N) is 3. The molecule has 5 nitrogen and oxygen atoms in total. The molecule has 0 spiro atoms. The molecule has 1 fully saturated rings. The molecule has 2 N–H and O–H groups in total. The lowest BCUT2D eigenvalue weighted by atomic mass is 10.1. The van der Waals surface area contributed by atoms with Gasteiger partial charge in [-0.05, 0) is 31.9 Å². The maximum absolute atomic E-state index is 9.21. The van der Waals surface area contributed by atoms with Crippen molar-refractivity contribution in [1.29, 1.82) is 5.26 Å². The topological polar surface area (TPSA) is 81.2 Å². The Morgan fingerprint density at radius 2 is 2.15 bits per heavy atom. The Kier molecular flexibility index (Phi) is 2.08.